The summed E-state index contributed by atoms with van der Waals surface area (Å²) in [6.45, 7) is 4.95. The van der Waals surface area contributed by atoms with Crippen molar-refractivity contribution in [3.05, 3.63) is 53.6 Å². The van der Waals surface area contributed by atoms with E-state index in [0.717, 1.165) is 37.4 Å². The highest BCUT2D eigenvalue weighted by Crippen LogP contribution is 2.39. The van der Waals surface area contributed by atoms with Crippen molar-refractivity contribution >= 4 is 0 Å². The number of aryl methyl sites for hydroxylation is 1. The van der Waals surface area contributed by atoms with Gasteiger partial charge < -0.3 is 0 Å². The smallest absolute Gasteiger partial charge is 0.127 e. The summed E-state index contributed by atoms with van der Waals surface area (Å²) in [6, 6.07) is 9.28. The third kappa shape index (κ3) is 3.48. The molecule has 2 fully saturated rings. The van der Waals surface area contributed by atoms with Crippen molar-refractivity contribution in [3.63, 3.8) is 0 Å². The number of hydrogen-bond donors (Lipinski definition) is 0. The number of hydrogen-bond acceptors (Lipinski definition) is 3. The quantitative estimate of drug-likeness (QED) is 0.853. The normalized spacial score (nSPS) is 21.2. The maximum Gasteiger partial charge on any atom is 0.127 e. The Labute approximate surface area is 149 Å². The van der Waals surface area contributed by atoms with Crippen molar-refractivity contribution in [1.29, 1.82) is 0 Å². The van der Waals surface area contributed by atoms with E-state index in [0.29, 0.717) is 5.54 Å². The third-order valence-corrected chi connectivity index (χ3v) is 6.00. The minimum Gasteiger partial charge on any atom is -0.299 e. The molecule has 5 heteroatoms. The minimum absolute atomic E-state index is 0.0829. The largest absolute Gasteiger partial charge is 0.299 e. The summed E-state index contributed by atoms with van der Waals surface area (Å²) in [6.07, 6.45) is 6.94. The standard InChI is InChI=1S/C20H27FN4/c1-23-12-7-18(22-23)16-25-11-4-8-20(25)9-13-24(14-10-20)15-17-5-2-3-6-19(17)21/h2-3,5-7,12H,4,8-11,13-16H2,1H3. The van der Waals surface area contributed by atoms with Gasteiger partial charge in [-0.2, -0.15) is 5.10 Å². The Bertz CT molecular complexity index is 718. The van der Waals surface area contributed by atoms with Crippen LogP contribution < -0.4 is 0 Å². The molecule has 2 aliphatic rings. The van der Waals surface area contributed by atoms with Gasteiger partial charge in [0.25, 0.3) is 0 Å². The van der Waals surface area contributed by atoms with Gasteiger partial charge in [-0.25, -0.2) is 4.39 Å². The van der Waals surface area contributed by atoms with Gasteiger partial charge in [0, 0.05) is 50.5 Å². The predicted octanol–water partition coefficient (Wildman–Crippen LogP) is 3.19. The van der Waals surface area contributed by atoms with Crippen molar-refractivity contribution in [1.82, 2.24) is 19.6 Å². The molecule has 1 aromatic heterocycles. The molecule has 2 saturated heterocycles. The van der Waals surface area contributed by atoms with Gasteiger partial charge in [-0.1, -0.05) is 18.2 Å². The summed E-state index contributed by atoms with van der Waals surface area (Å²) in [5.74, 6) is -0.0829. The van der Waals surface area contributed by atoms with E-state index >= 15 is 0 Å². The van der Waals surface area contributed by atoms with Gasteiger partial charge in [-0.05, 0) is 44.4 Å². The predicted molar refractivity (Wildman–Crippen MR) is 96.5 cm³/mol. The monoisotopic (exact) mass is 342 g/mol. The third-order valence-electron chi connectivity index (χ3n) is 6.00. The lowest BCUT2D eigenvalue weighted by Crippen LogP contribution is -2.51. The topological polar surface area (TPSA) is 24.3 Å². The number of piperidine rings is 1. The maximum absolute atomic E-state index is 13.9. The van der Waals surface area contributed by atoms with Crippen LogP contribution in [0.3, 0.4) is 0 Å². The van der Waals surface area contributed by atoms with E-state index in [1.807, 2.05) is 30.1 Å². The lowest BCUT2D eigenvalue weighted by atomic mass is 9.84. The molecule has 2 aromatic rings. The van der Waals surface area contributed by atoms with E-state index in [2.05, 4.69) is 21.0 Å². The first-order valence-corrected chi connectivity index (χ1v) is 9.34. The fourth-order valence-electron chi connectivity index (χ4n) is 4.55. The number of aromatic nitrogens is 2. The first kappa shape index (κ1) is 16.7. The molecular weight excluding hydrogens is 315 g/mol. The van der Waals surface area contributed by atoms with Crippen LogP contribution in [0.5, 0.6) is 0 Å². The van der Waals surface area contributed by atoms with Gasteiger partial charge in [0.1, 0.15) is 5.82 Å². The lowest BCUT2D eigenvalue weighted by Gasteiger charge is -2.45. The summed E-state index contributed by atoms with van der Waals surface area (Å²) in [5.41, 5.74) is 2.30. The summed E-state index contributed by atoms with van der Waals surface area (Å²) in [5, 5.41) is 4.56. The average molecular weight is 342 g/mol. The molecule has 3 heterocycles. The molecule has 134 valence electrons. The molecule has 4 nitrogen and oxygen atoms in total. The van der Waals surface area contributed by atoms with Crippen LogP contribution in [0, 0.1) is 5.82 Å². The molecule has 0 atom stereocenters. The van der Waals surface area contributed by atoms with E-state index in [9.17, 15) is 4.39 Å². The van der Waals surface area contributed by atoms with Gasteiger partial charge >= 0.3 is 0 Å². The molecule has 0 aliphatic carbocycles. The molecular formula is C20H27FN4. The van der Waals surface area contributed by atoms with E-state index in [4.69, 9.17) is 0 Å². The second kappa shape index (κ2) is 6.89. The highest BCUT2D eigenvalue weighted by molar-refractivity contribution is 5.17. The van der Waals surface area contributed by atoms with Crippen molar-refractivity contribution in [2.45, 2.75) is 44.3 Å². The molecule has 2 aliphatic heterocycles. The Kier molecular flexibility index (Phi) is 4.61. The van der Waals surface area contributed by atoms with E-state index in [1.165, 1.54) is 32.2 Å². The summed E-state index contributed by atoms with van der Waals surface area (Å²) in [4.78, 5) is 5.05. The second-order valence-corrected chi connectivity index (χ2v) is 7.60. The fraction of sp³-hybridized carbons (Fsp3) is 0.550. The van der Waals surface area contributed by atoms with Gasteiger partial charge in [0.05, 0.1) is 5.69 Å². The molecule has 1 aromatic carbocycles. The molecule has 0 radical (unpaired) electrons. The van der Waals surface area contributed by atoms with Crippen LogP contribution in [0.25, 0.3) is 0 Å². The van der Waals surface area contributed by atoms with Gasteiger partial charge in [0.2, 0.25) is 0 Å². The molecule has 1 spiro atoms. The molecule has 4 rings (SSSR count). The molecule has 0 saturated carbocycles. The number of likely N-dealkylation sites (tertiary alicyclic amines) is 2. The molecule has 0 amide bonds. The van der Waals surface area contributed by atoms with Gasteiger partial charge in [0.15, 0.2) is 0 Å². The fourth-order valence-corrected chi connectivity index (χ4v) is 4.55. The zero-order chi connectivity index (χ0) is 17.3. The first-order valence-electron chi connectivity index (χ1n) is 9.34. The van der Waals surface area contributed by atoms with E-state index in [1.54, 1.807) is 12.1 Å². The Morgan fingerprint density at radius 2 is 1.84 bits per heavy atom. The van der Waals surface area contributed by atoms with Crippen molar-refractivity contribution in [2.75, 3.05) is 19.6 Å². The van der Waals surface area contributed by atoms with E-state index < -0.39 is 0 Å². The van der Waals surface area contributed by atoms with Crippen LogP contribution in [0.1, 0.15) is 36.9 Å². The zero-order valence-electron chi connectivity index (χ0n) is 15.0. The average Bonchev–Trinajstić information content (AvgIpc) is 3.19. The Morgan fingerprint density at radius 3 is 2.56 bits per heavy atom. The van der Waals surface area contributed by atoms with Gasteiger partial charge in [-0.15, -0.1) is 0 Å². The Balaban J connectivity index is 1.38. The van der Waals surface area contributed by atoms with Crippen molar-refractivity contribution in [3.8, 4) is 0 Å². The van der Waals surface area contributed by atoms with Crippen LogP contribution in [-0.4, -0.2) is 44.8 Å². The lowest BCUT2D eigenvalue weighted by molar-refractivity contribution is 0.0438. The van der Waals surface area contributed by atoms with Crippen LogP contribution in [0.4, 0.5) is 4.39 Å². The highest BCUT2D eigenvalue weighted by atomic mass is 19.1. The first-order chi connectivity index (χ1) is 12.1. The van der Waals surface area contributed by atoms with Crippen LogP contribution in [0.15, 0.2) is 36.5 Å². The Hall–Kier alpha value is -1.72. The summed E-state index contributed by atoms with van der Waals surface area (Å²) < 4.78 is 15.8. The van der Waals surface area contributed by atoms with Crippen LogP contribution in [-0.2, 0) is 20.1 Å². The van der Waals surface area contributed by atoms with Crippen molar-refractivity contribution in [2.24, 2.45) is 7.05 Å². The van der Waals surface area contributed by atoms with E-state index in [-0.39, 0.29) is 5.82 Å². The zero-order valence-corrected chi connectivity index (χ0v) is 15.0. The highest BCUT2D eigenvalue weighted by Gasteiger charge is 2.43. The SMILES string of the molecule is Cn1ccc(CN2CCCC23CCN(Cc2ccccc2F)CC3)n1. The number of nitrogens with zero attached hydrogens (tertiary/aromatic N) is 4. The second-order valence-electron chi connectivity index (χ2n) is 7.60. The molecule has 25 heavy (non-hydrogen) atoms. The van der Waals surface area contributed by atoms with Crippen molar-refractivity contribution < 1.29 is 4.39 Å². The molecule has 0 bridgehead atoms. The summed E-state index contributed by atoms with van der Waals surface area (Å²) >= 11 is 0. The summed E-state index contributed by atoms with van der Waals surface area (Å²) in [7, 11) is 1.98. The molecule has 0 N–H and O–H groups in total. The van der Waals surface area contributed by atoms with Gasteiger partial charge in [-0.3, -0.25) is 14.5 Å². The maximum atomic E-state index is 13.9. The number of halogens is 1. The number of rotatable bonds is 4. The Morgan fingerprint density at radius 1 is 1.04 bits per heavy atom. The minimum atomic E-state index is -0.0829. The molecule has 0 unspecified atom stereocenters. The number of benzene rings is 1. The van der Waals surface area contributed by atoms with Crippen LogP contribution in [0.2, 0.25) is 0 Å². The van der Waals surface area contributed by atoms with Crippen LogP contribution >= 0.6 is 0 Å².